The highest BCUT2D eigenvalue weighted by Crippen LogP contribution is 2.22. The summed E-state index contributed by atoms with van der Waals surface area (Å²) in [4.78, 5) is 27.5. The van der Waals surface area contributed by atoms with Crippen molar-refractivity contribution in [3.63, 3.8) is 0 Å². The quantitative estimate of drug-likeness (QED) is 0.665. The van der Waals surface area contributed by atoms with Crippen molar-refractivity contribution in [3.05, 3.63) is 12.2 Å². The lowest BCUT2D eigenvalue weighted by molar-refractivity contribution is -0.137. The third kappa shape index (κ3) is 4.81. The maximum absolute atomic E-state index is 12.6. The van der Waals surface area contributed by atoms with E-state index in [1.807, 2.05) is 20.8 Å². The van der Waals surface area contributed by atoms with Crippen molar-refractivity contribution in [2.45, 2.75) is 45.8 Å². The molecule has 1 heterocycles. The fraction of sp³-hybridized carbons (Fsp3) is 0.750. The zero-order valence-electron chi connectivity index (χ0n) is 13.9. The molecule has 0 bridgehead atoms. The predicted molar refractivity (Wildman–Crippen MR) is 86.0 cm³/mol. The van der Waals surface area contributed by atoms with E-state index < -0.39 is 12.0 Å². The highest BCUT2D eigenvalue weighted by atomic mass is 16.3. The lowest BCUT2D eigenvalue weighted by atomic mass is 9.90. The largest absolute Gasteiger partial charge is 0.383 e. The van der Waals surface area contributed by atoms with Crippen molar-refractivity contribution in [1.29, 1.82) is 0 Å². The minimum atomic E-state index is -1.08. The molecule has 0 spiro atoms. The molecule has 0 aromatic carbocycles. The van der Waals surface area contributed by atoms with Gasteiger partial charge in [-0.05, 0) is 52.6 Å². The second-order valence-corrected chi connectivity index (χ2v) is 6.21. The summed E-state index contributed by atoms with van der Waals surface area (Å²) in [6.07, 6.45) is 0.270. The van der Waals surface area contributed by atoms with Gasteiger partial charge in [-0.15, -0.1) is 0 Å². The number of aliphatic hydroxyl groups is 1. The average molecular weight is 311 g/mol. The molecular weight excluding hydrogens is 282 g/mol. The number of hydrogen-bond donors (Lipinski definition) is 2. The van der Waals surface area contributed by atoms with Crippen LogP contribution in [0.4, 0.5) is 0 Å². The van der Waals surface area contributed by atoms with Gasteiger partial charge < -0.3 is 15.7 Å². The molecule has 6 heteroatoms. The van der Waals surface area contributed by atoms with Gasteiger partial charge in [0.1, 0.15) is 6.10 Å². The van der Waals surface area contributed by atoms with Gasteiger partial charge in [-0.2, -0.15) is 0 Å². The Bertz CT molecular complexity index is 417. The van der Waals surface area contributed by atoms with E-state index in [0.717, 1.165) is 5.57 Å². The molecule has 0 aromatic rings. The first-order valence-corrected chi connectivity index (χ1v) is 7.92. The van der Waals surface area contributed by atoms with Crippen LogP contribution in [0.5, 0.6) is 0 Å². The van der Waals surface area contributed by atoms with E-state index in [1.54, 1.807) is 4.90 Å². The number of aliphatic hydroxyl groups excluding tert-OH is 1. The lowest BCUT2D eigenvalue weighted by Gasteiger charge is -2.38. The van der Waals surface area contributed by atoms with Gasteiger partial charge in [-0.3, -0.25) is 14.5 Å². The Morgan fingerprint density at radius 1 is 1.41 bits per heavy atom. The standard InChI is InChI=1S/C16H29N3O3/c1-5-18(10-11(2)3)16(22)12(4)19-8-6-13(7-9-19)14(20)15(17)21/h12-14,20H,2,5-10H2,1,3-4H3,(H2,17,21)/t12-,14-/m1/s1. The number of carbonyl (C=O) groups excluding carboxylic acids is 2. The van der Waals surface area contributed by atoms with E-state index in [4.69, 9.17) is 5.73 Å². The number of rotatable bonds is 7. The second kappa shape index (κ2) is 8.29. The Balaban J connectivity index is 2.57. The zero-order chi connectivity index (χ0) is 16.9. The van der Waals surface area contributed by atoms with Crippen LogP contribution in [0.2, 0.25) is 0 Å². The van der Waals surface area contributed by atoms with Crippen LogP contribution in [0.15, 0.2) is 12.2 Å². The Labute approximate surface area is 132 Å². The summed E-state index contributed by atoms with van der Waals surface area (Å²) in [6, 6.07) is -0.203. The van der Waals surface area contributed by atoms with Gasteiger partial charge in [0.2, 0.25) is 11.8 Å². The number of nitrogens with two attached hydrogens (primary N) is 1. The molecule has 1 fully saturated rings. The van der Waals surface area contributed by atoms with Gasteiger partial charge >= 0.3 is 0 Å². The summed E-state index contributed by atoms with van der Waals surface area (Å²) in [7, 11) is 0. The molecule has 6 nitrogen and oxygen atoms in total. The van der Waals surface area contributed by atoms with Crippen LogP contribution in [0.3, 0.4) is 0 Å². The molecule has 126 valence electrons. The van der Waals surface area contributed by atoms with E-state index in [1.165, 1.54) is 0 Å². The minimum absolute atomic E-state index is 0.0967. The molecule has 0 radical (unpaired) electrons. The number of nitrogens with zero attached hydrogens (tertiary/aromatic N) is 2. The first kappa shape index (κ1) is 18.6. The number of primary amides is 1. The number of hydrogen-bond acceptors (Lipinski definition) is 4. The van der Waals surface area contributed by atoms with Gasteiger partial charge in [-0.1, -0.05) is 12.2 Å². The third-order valence-corrected chi connectivity index (χ3v) is 4.37. The molecule has 1 rings (SSSR count). The van der Waals surface area contributed by atoms with Crippen molar-refractivity contribution >= 4 is 11.8 Å². The molecule has 0 aromatic heterocycles. The van der Waals surface area contributed by atoms with Crippen LogP contribution in [0.1, 0.15) is 33.6 Å². The minimum Gasteiger partial charge on any atom is -0.383 e. The summed E-state index contributed by atoms with van der Waals surface area (Å²) in [5.74, 6) is -0.672. The summed E-state index contributed by atoms with van der Waals surface area (Å²) < 4.78 is 0. The molecule has 0 saturated carbocycles. The van der Waals surface area contributed by atoms with Gasteiger partial charge in [0.05, 0.1) is 6.04 Å². The van der Waals surface area contributed by atoms with Crippen LogP contribution < -0.4 is 5.73 Å². The Morgan fingerprint density at radius 2 is 1.95 bits per heavy atom. The number of amides is 2. The van der Waals surface area contributed by atoms with Crippen molar-refractivity contribution in [2.24, 2.45) is 11.7 Å². The first-order chi connectivity index (χ1) is 10.3. The topological polar surface area (TPSA) is 86.9 Å². The third-order valence-electron chi connectivity index (χ3n) is 4.37. The molecule has 2 atom stereocenters. The monoisotopic (exact) mass is 311 g/mol. The average Bonchev–Trinajstić information content (AvgIpc) is 2.50. The van der Waals surface area contributed by atoms with Gasteiger partial charge in [0.15, 0.2) is 0 Å². The summed E-state index contributed by atoms with van der Waals surface area (Å²) in [5, 5.41) is 9.73. The summed E-state index contributed by atoms with van der Waals surface area (Å²) >= 11 is 0. The fourth-order valence-electron chi connectivity index (χ4n) is 2.95. The smallest absolute Gasteiger partial charge is 0.246 e. The van der Waals surface area contributed by atoms with E-state index in [0.29, 0.717) is 39.0 Å². The normalized spacial score (nSPS) is 19.5. The van der Waals surface area contributed by atoms with Gasteiger partial charge in [0.25, 0.3) is 0 Å². The SMILES string of the molecule is C=C(C)CN(CC)C(=O)[C@@H](C)N1CCC([C@@H](O)C(N)=O)CC1. The maximum atomic E-state index is 12.6. The number of likely N-dealkylation sites (tertiary alicyclic amines) is 1. The predicted octanol–water partition coefficient (Wildman–Crippen LogP) is 0.358. The second-order valence-electron chi connectivity index (χ2n) is 6.21. The van der Waals surface area contributed by atoms with Crippen LogP contribution >= 0.6 is 0 Å². The van der Waals surface area contributed by atoms with Crippen molar-refractivity contribution in [3.8, 4) is 0 Å². The van der Waals surface area contributed by atoms with Crippen LogP contribution in [0, 0.1) is 5.92 Å². The van der Waals surface area contributed by atoms with Crippen LogP contribution in [0.25, 0.3) is 0 Å². The zero-order valence-corrected chi connectivity index (χ0v) is 13.9. The number of likely N-dealkylation sites (N-methyl/N-ethyl adjacent to an activating group) is 1. The van der Waals surface area contributed by atoms with Crippen LogP contribution in [-0.2, 0) is 9.59 Å². The summed E-state index contributed by atoms with van der Waals surface area (Å²) in [5.41, 5.74) is 6.11. The molecule has 0 aliphatic carbocycles. The van der Waals surface area contributed by atoms with Gasteiger partial charge in [0, 0.05) is 13.1 Å². The van der Waals surface area contributed by atoms with E-state index >= 15 is 0 Å². The molecule has 22 heavy (non-hydrogen) atoms. The van der Waals surface area contributed by atoms with E-state index in [9.17, 15) is 14.7 Å². The Kier molecular flexibility index (Phi) is 7.03. The van der Waals surface area contributed by atoms with Crippen LogP contribution in [-0.4, -0.2) is 65.0 Å². The maximum Gasteiger partial charge on any atom is 0.246 e. The van der Waals surface area contributed by atoms with E-state index in [2.05, 4.69) is 11.5 Å². The highest BCUT2D eigenvalue weighted by Gasteiger charge is 2.32. The lowest BCUT2D eigenvalue weighted by Crippen LogP contribution is -2.51. The van der Waals surface area contributed by atoms with E-state index in [-0.39, 0.29) is 17.9 Å². The van der Waals surface area contributed by atoms with Crippen molar-refractivity contribution < 1.29 is 14.7 Å². The molecule has 0 unspecified atom stereocenters. The Morgan fingerprint density at radius 3 is 2.36 bits per heavy atom. The molecule has 1 saturated heterocycles. The molecule has 2 amide bonds. The van der Waals surface area contributed by atoms with Gasteiger partial charge in [-0.25, -0.2) is 0 Å². The van der Waals surface area contributed by atoms with Crippen molar-refractivity contribution in [2.75, 3.05) is 26.2 Å². The highest BCUT2D eigenvalue weighted by molar-refractivity contribution is 5.81. The fourth-order valence-corrected chi connectivity index (χ4v) is 2.95. The molecular formula is C16H29N3O3. The van der Waals surface area contributed by atoms with Crippen molar-refractivity contribution in [1.82, 2.24) is 9.80 Å². The molecule has 1 aliphatic heterocycles. The molecule has 1 aliphatic rings. The molecule has 3 N–H and O–H groups in total. The number of piperidine rings is 1. The Hall–Kier alpha value is -1.40. The number of carbonyl (C=O) groups is 2. The first-order valence-electron chi connectivity index (χ1n) is 7.92. The summed E-state index contributed by atoms with van der Waals surface area (Å²) in [6.45, 7) is 12.3.